The smallest absolute Gasteiger partial charge is 0.324 e. The van der Waals surface area contributed by atoms with Crippen LogP contribution in [0.1, 0.15) is 48.7 Å². The first-order valence-electron chi connectivity index (χ1n) is 9.35. The second-order valence-electron chi connectivity index (χ2n) is 6.69. The quantitative estimate of drug-likeness (QED) is 0.519. The second-order valence-corrected chi connectivity index (χ2v) is 6.69. The van der Waals surface area contributed by atoms with Crippen molar-refractivity contribution in [3.05, 3.63) is 29.6 Å². The van der Waals surface area contributed by atoms with Crippen LogP contribution >= 0.6 is 0 Å². The number of likely N-dealkylation sites (tertiary alicyclic amines) is 1. The monoisotopic (exact) mass is 387 g/mol. The first-order chi connectivity index (χ1) is 13.5. The molecule has 1 aliphatic heterocycles. The van der Waals surface area contributed by atoms with Crippen LogP contribution in [0.4, 0.5) is 0 Å². The molecule has 0 saturated carbocycles. The highest BCUT2D eigenvalue weighted by molar-refractivity contribution is 6.00. The number of pyridine rings is 1. The van der Waals surface area contributed by atoms with E-state index in [2.05, 4.69) is 4.98 Å². The van der Waals surface area contributed by atoms with Crippen molar-refractivity contribution in [3.8, 4) is 6.07 Å². The van der Waals surface area contributed by atoms with Crippen molar-refractivity contribution in [1.82, 2.24) is 9.88 Å². The summed E-state index contributed by atoms with van der Waals surface area (Å²) >= 11 is 0. The molecule has 28 heavy (non-hydrogen) atoms. The summed E-state index contributed by atoms with van der Waals surface area (Å²) in [4.78, 5) is 43.7. The number of carbonyl (C=O) groups excluding carboxylic acids is 3. The molecule has 2 rings (SSSR count). The number of hydrogen-bond donors (Lipinski definition) is 0. The molecular formula is C20H25N3O5. The van der Waals surface area contributed by atoms with E-state index in [4.69, 9.17) is 9.47 Å². The molecule has 1 fully saturated rings. The molecule has 8 heteroatoms. The lowest BCUT2D eigenvalue weighted by atomic mass is 9.80. The largest absolute Gasteiger partial charge is 0.468 e. The number of esters is 2. The minimum atomic E-state index is -1.82. The van der Waals surface area contributed by atoms with E-state index in [-0.39, 0.29) is 18.9 Å². The van der Waals surface area contributed by atoms with E-state index in [0.717, 1.165) is 26.4 Å². The third-order valence-corrected chi connectivity index (χ3v) is 4.81. The van der Waals surface area contributed by atoms with Gasteiger partial charge < -0.3 is 14.4 Å². The van der Waals surface area contributed by atoms with Crippen LogP contribution in [0, 0.1) is 16.7 Å². The molecule has 1 saturated heterocycles. The average molecular weight is 387 g/mol. The highest BCUT2D eigenvalue weighted by atomic mass is 16.6. The van der Waals surface area contributed by atoms with Gasteiger partial charge in [-0.15, -0.1) is 0 Å². The molecule has 150 valence electrons. The molecule has 1 aromatic heterocycles. The van der Waals surface area contributed by atoms with Crippen molar-refractivity contribution in [3.63, 3.8) is 0 Å². The average Bonchev–Trinajstić information content (AvgIpc) is 2.73. The Morgan fingerprint density at radius 3 is 2.57 bits per heavy atom. The van der Waals surface area contributed by atoms with Crippen molar-refractivity contribution in [2.24, 2.45) is 5.41 Å². The van der Waals surface area contributed by atoms with Crippen LogP contribution in [0.3, 0.4) is 0 Å². The van der Waals surface area contributed by atoms with Crippen LogP contribution in [-0.4, -0.2) is 54.5 Å². The van der Waals surface area contributed by atoms with Crippen LogP contribution in [0.5, 0.6) is 0 Å². The molecule has 2 heterocycles. The summed E-state index contributed by atoms with van der Waals surface area (Å²) < 4.78 is 9.82. The van der Waals surface area contributed by atoms with Gasteiger partial charge in [0.05, 0.1) is 26.2 Å². The van der Waals surface area contributed by atoms with Crippen LogP contribution in [0.25, 0.3) is 0 Å². The third kappa shape index (κ3) is 4.66. The first kappa shape index (κ1) is 21.4. The van der Waals surface area contributed by atoms with E-state index in [1.807, 2.05) is 6.07 Å². The Hall–Kier alpha value is -2.95. The predicted octanol–water partition coefficient (Wildman–Crippen LogP) is 1.89. The summed E-state index contributed by atoms with van der Waals surface area (Å²) in [5.41, 5.74) is -1.04. The second kappa shape index (κ2) is 9.83. The maximum Gasteiger partial charge on any atom is 0.324 e. The minimum Gasteiger partial charge on any atom is -0.468 e. The molecule has 1 atom stereocenters. The Bertz CT molecular complexity index is 767. The van der Waals surface area contributed by atoms with Crippen LogP contribution in [-0.2, 0) is 25.5 Å². The van der Waals surface area contributed by atoms with E-state index in [9.17, 15) is 19.6 Å². The predicted molar refractivity (Wildman–Crippen MR) is 99.0 cm³/mol. The molecule has 8 nitrogen and oxygen atoms in total. The number of aromatic nitrogens is 1. The van der Waals surface area contributed by atoms with E-state index < -0.39 is 23.8 Å². The van der Waals surface area contributed by atoms with Gasteiger partial charge in [-0.05, 0) is 38.3 Å². The normalized spacial score (nSPS) is 15.8. The Kier molecular flexibility index (Phi) is 7.50. The molecule has 1 aromatic rings. The summed E-state index contributed by atoms with van der Waals surface area (Å²) in [7, 11) is 1.15. The van der Waals surface area contributed by atoms with Crippen molar-refractivity contribution in [2.75, 3.05) is 26.8 Å². The number of rotatable bonds is 7. The number of carbonyl (C=O) groups is 3. The van der Waals surface area contributed by atoms with Gasteiger partial charge in [0.25, 0.3) is 5.91 Å². The standard InChI is InChI=1S/C20H25N3O5/c1-3-28-19(26)20(8-9-21,18(25)27-2)14-16-13-15(7-10-22-16)17(24)23-11-5-4-6-12-23/h7,10,13H,3-6,8,11-12,14H2,1-2H3. The maximum atomic E-state index is 12.7. The van der Waals surface area contributed by atoms with E-state index in [1.165, 1.54) is 6.20 Å². The van der Waals surface area contributed by atoms with Gasteiger partial charge in [-0.25, -0.2) is 0 Å². The minimum absolute atomic E-state index is 0.0594. The summed E-state index contributed by atoms with van der Waals surface area (Å²) in [6.07, 6.45) is 3.92. The summed E-state index contributed by atoms with van der Waals surface area (Å²) in [6, 6.07) is 5.03. The maximum absolute atomic E-state index is 12.7. The number of ether oxygens (including phenoxy) is 2. The van der Waals surface area contributed by atoms with E-state index in [1.54, 1.807) is 24.0 Å². The summed E-state index contributed by atoms with van der Waals surface area (Å²) in [6.45, 7) is 3.09. The fraction of sp³-hybridized carbons (Fsp3) is 0.550. The van der Waals surface area contributed by atoms with Gasteiger partial charge in [-0.2, -0.15) is 5.26 Å². The number of nitriles is 1. The van der Waals surface area contributed by atoms with Crippen LogP contribution in [0.15, 0.2) is 18.3 Å². The molecule has 1 aliphatic rings. The number of hydrogen-bond acceptors (Lipinski definition) is 7. The highest BCUT2D eigenvalue weighted by Crippen LogP contribution is 2.30. The molecule has 1 amide bonds. The fourth-order valence-electron chi connectivity index (χ4n) is 3.33. The van der Waals surface area contributed by atoms with Gasteiger partial charge in [0.2, 0.25) is 0 Å². The van der Waals surface area contributed by atoms with Gasteiger partial charge in [0, 0.05) is 37.0 Å². The van der Waals surface area contributed by atoms with Gasteiger partial charge in [0.15, 0.2) is 5.41 Å². The van der Waals surface area contributed by atoms with Crippen molar-refractivity contribution < 1.29 is 23.9 Å². The first-order valence-corrected chi connectivity index (χ1v) is 9.35. The zero-order valence-electron chi connectivity index (χ0n) is 16.3. The molecule has 1 unspecified atom stereocenters. The van der Waals surface area contributed by atoms with Crippen molar-refractivity contribution >= 4 is 17.8 Å². The molecule has 0 N–H and O–H groups in total. The van der Waals surface area contributed by atoms with Crippen molar-refractivity contribution in [1.29, 1.82) is 5.26 Å². The Morgan fingerprint density at radius 1 is 1.25 bits per heavy atom. The summed E-state index contributed by atoms with van der Waals surface area (Å²) in [5, 5.41) is 9.21. The lowest BCUT2D eigenvalue weighted by Crippen LogP contribution is -2.43. The summed E-state index contributed by atoms with van der Waals surface area (Å²) in [5.74, 6) is -1.80. The lowest BCUT2D eigenvalue weighted by Gasteiger charge is -2.27. The molecular weight excluding hydrogens is 362 g/mol. The highest BCUT2D eigenvalue weighted by Gasteiger charge is 2.49. The molecule has 0 aromatic carbocycles. The Labute approximate surface area is 164 Å². The fourth-order valence-corrected chi connectivity index (χ4v) is 3.33. The SMILES string of the molecule is CCOC(=O)C(CC#N)(Cc1cc(C(=O)N2CCCCC2)ccn1)C(=O)OC. The van der Waals surface area contributed by atoms with E-state index in [0.29, 0.717) is 24.3 Å². The Morgan fingerprint density at radius 2 is 1.96 bits per heavy atom. The molecule has 0 aliphatic carbocycles. The Balaban J connectivity index is 2.33. The molecule has 0 radical (unpaired) electrons. The third-order valence-electron chi connectivity index (χ3n) is 4.81. The lowest BCUT2D eigenvalue weighted by molar-refractivity contribution is -0.170. The van der Waals surface area contributed by atoms with Crippen LogP contribution in [0.2, 0.25) is 0 Å². The number of nitrogens with zero attached hydrogens (tertiary/aromatic N) is 3. The van der Waals surface area contributed by atoms with Gasteiger partial charge >= 0.3 is 11.9 Å². The van der Waals surface area contributed by atoms with E-state index >= 15 is 0 Å². The zero-order valence-corrected chi connectivity index (χ0v) is 16.3. The zero-order chi connectivity index (χ0) is 20.6. The van der Waals surface area contributed by atoms with Gasteiger partial charge in [-0.1, -0.05) is 0 Å². The van der Waals surface area contributed by atoms with Gasteiger partial charge in [-0.3, -0.25) is 19.4 Å². The molecule has 0 bridgehead atoms. The number of piperidine rings is 1. The number of methoxy groups -OCH3 is 1. The van der Waals surface area contributed by atoms with Gasteiger partial charge in [0.1, 0.15) is 0 Å². The topological polar surface area (TPSA) is 110 Å². The van der Waals surface area contributed by atoms with Crippen LogP contribution < -0.4 is 0 Å². The van der Waals surface area contributed by atoms with Crippen molar-refractivity contribution in [2.45, 2.75) is 39.0 Å². The molecule has 0 spiro atoms. The number of amides is 1.